The second-order valence-corrected chi connectivity index (χ2v) is 8.23. The number of rotatable bonds is 3. The Morgan fingerprint density at radius 3 is 1.54 bits per heavy atom. The van der Waals surface area contributed by atoms with Crippen molar-refractivity contribution in [3.63, 3.8) is 0 Å². The highest BCUT2D eigenvalue weighted by Gasteiger charge is 2.41. The molecule has 0 radical (unpaired) electrons. The Kier molecular flexibility index (Phi) is 5.18. The van der Waals surface area contributed by atoms with Crippen LogP contribution in [0.3, 0.4) is 0 Å². The molecule has 2 amide bonds. The zero-order valence-corrected chi connectivity index (χ0v) is 16.7. The summed E-state index contributed by atoms with van der Waals surface area (Å²) in [5.74, 6) is -1.93. The van der Waals surface area contributed by atoms with Crippen LogP contribution >= 0.6 is 58.0 Å². The van der Waals surface area contributed by atoms with Crippen LogP contribution in [0.4, 0.5) is 0 Å². The third-order valence-corrected chi connectivity index (χ3v) is 7.10. The lowest BCUT2D eigenvalue weighted by Crippen LogP contribution is -2.33. The number of nitrogens with zero attached hydrogens (tertiary/aromatic N) is 1. The van der Waals surface area contributed by atoms with E-state index in [1.54, 1.807) is 0 Å². The Morgan fingerprint density at radius 1 is 0.731 bits per heavy atom. The molecule has 136 valence electrons. The number of hydrogen-bond acceptors (Lipinski definition) is 5. The summed E-state index contributed by atoms with van der Waals surface area (Å²) < 4.78 is 29.9. The van der Waals surface area contributed by atoms with Crippen molar-refractivity contribution in [3.05, 3.63) is 60.5 Å². The van der Waals surface area contributed by atoms with Crippen LogP contribution in [0.2, 0.25) is 25.1 Å². The third-order valence-electron chi connectivity index (χ3n) is 3.35. The highest BCUT2D eigenvalue weighted by molar-refractivity contribution is 7.87. The van der Waals surface area contributed by atoms with Gasteiger partial charge in [-0.05, 0) is 12.1 Å². The highest BCUT2D eigenvalue weighted by atomic mass is 35.5. The minimum Gasteiger partial charge on any atom is -0.266 e. The standard InChI is InChI=1S/C14H4Cl5NO5S/c15-7-8(16)10(18)12(11(19)9(7)17)26(23,24)25-20-13(21)5-3-1-2-4-6(5)14(20)22/h1-4H. The van der Waals surface area contributed by atoms with E-state index in [-0.39, 0.29) is 31.3 Å². The van der Waals surface area contributed by atoms with Gasteiger partial charge in [-0.25, -0.2) is 0 Å². The lowest BCUT2D eigenvalue weighted by molar-refractivity contribution is -0.0103. The summed E-state index contributed by atoms with van der Waals surface area (Å²) in [6.07, 6.45) is 0. The van der Waals surface area contributed by atoms with Crippen molar-refractivity contribution in [1.82, 2.24) is 5.06 Å². The summed E-state index contributed by atoms with van der Waals surface area (Å²) in [7, 11) is -4.86. The first-order valence-corrected chi connectivity index (χ1v) is 9.81. The molecule has 0 fully saturated rings. The number of fused-ring (bicyclic) bond motifs is 1. The third kappa shape index (κ3) is 2.97. The molecule has 0 N–H and O–H groups in total. The molecule has 6 nitrogen and oxygen atoms in total. The quantitative estimate of drug-likeness (QED) is 0.359. The van der Waals surface area contributed by atoms with Gasteiger partial charge in [0.05, 0.1) is 36.2 Å². The van der Waals surface area contributed by atoms with Gasteiger partial charge in [-0.2, -0.15) is 8.42 Å². The molecule has 1 heterocycles. The van der Waals surface area contributed by atoms with E-state index < -0.39 is 36.9 Å². The highest BCUT2D eigenvalue weighted by Crippen LogP contribution is 2.46. The van der Waals surface area contributed by atoms with E-state index in [0.717, 1.165) is 0 Å². The maximum absolute atomic E-state index is 12.6. The van der Waals surface area contributed by atoms with E-state index in [1.165, 1.54) is 24.3 Å². The molecule has 12 heteroatoms. The zero-order valence-electron chi connectivity index (χ0n) is 12.1. The van der Waals surface area contributed by atoms with Crippen LogP contribution in [-0.4, -0.2) is 25.3 Å². The Morgan fingerprint density at radius 2 is 1.12 bits per heavy atom. The summed E-state index contributed by atoms with van der Waals surface area (Å²) >= 11 is 29.3. The van der Waals surface area contributed by atoms with Gasteiger partial charge >= 0.3 is 10.1 Å². The summed E-state index contributed by atoms with van der Waals surface area (Å²) in [6.45, 7) is 0. The normalized spacial score (nSPS) is 14.1. The molecule has 0 saturated carbocycles. The number of imide groups is 1. The van der Waals surface area contributed by atoms with Crippen LogP contribution in [0.1, 0.15) is 20.7 Å². The molecule has 3 rings (SSSR count). The fourth-order valence-electron chi connectivity index (χ4n) is 2.17. The Balaban J connectivity index is 2.08. The van der Waals surface area contributed by atoms with Crippen LogP contribution in [0.25, 0.3) is 0 Å². The predicted octanol–water partition coefficient (Wildman–Crippen LogP) is 4.87. The maximum atomic E-state index is 12.6. The van der Waals surface area contributed by atoms with E-state index in [4.69, 9.17) is 58.0 Å². The first kappa shape index (κ1) is 19.7. The Bertz CT molecular complexity index is 1020. The van der Waals surface area contributed by atoms with Gasteiger partial charge in [-0.3, -0.25) is 9.59 Å². The minimum atomic E-state index is -4.86. The summed E-state index contributed by atoms with van der Waals surface area (Å²) in [5.41, 5.74) is -0.0332. The lowest BCUT2D eigenvalue weighted by atomic mass is 10.1. The monoisotopic (exact) mass is 473 g/mol. The molecule has 0 saturated heterocycles. The number of carbonyl (C=O) groups is 2. The molecule has 0 unspecified atom stereocenters. The average molecular weight is 476 g/mol. The fourth-order valence-corrected chi connectivity index (χ4v) is 5.04. The summed E-state index contributed by atoms with van der Waals surface area (Å²) in [4.78, 5) is 23.7. The van der Waals surface area contributed by atoms with Crippen molar-refractivity contribution in [2.45, 2.75) is 4.90 Å². The number of hydrogen-bond donors (Lipinski definition) is 0. The van der Waals surface area contributed by atoms with E-state index >= 15 is 0 Å². The molecular weight excluding hydrogens is 471 g/mol. The van der Waals surface area contributed by atoms with Crippen LogP contribution in [0, 0.1) is 0 Å². The molecule has 2 aromatic carbocycles. The van der Waals surface area contributed by atoms with Crippen LogP contribution in [0.15, 0.2) is 29.2 Å². The van der Waals surface area contributed by atoms with Gasteiger partial charge < -0.3 is 0 Å². The van der Waals surface area contributed by atoms with Crippen LogP contribution in [-0.2, 0) is 14.4 Å². The van der Waals surface area contributed by atoms with E-state index in [9.17, 15) is 18.0 Å². The molecule has 0 aliphatic carbocycles. The predicted molar refractivity (Wildman–Crippen MR) is 96.7 cm³/mol. The first-order chi connectivity index (χ1) is 12.1. The number of carbonyl (C=O) groups excluding carboxylic acids is 2. The smallest absolute Gasteiger partial charge is 0.266 e. The number of halogens is 5. The van der Waals surface area contributed by atoms with Crippen LogP contribution in [0.5, 0.6) is 0 Å². The second kappa shape index (κ2) is 6.83. The first-order valence-electron chi connectivity index (χ1n) is 6.51. The Labute approximate surface area is 172 Å². The molecule has 1 aliphatic rings. The van der Waals surface area contributed by atoms with Crippen molar-refractivity contribution in [2.75, 3.05) is 0 Å². The molecule has 1 aliphatic heterocycles. The van der Waals surface area contributed by atoms with Crippen LogP contribution < -0.4 is 0 Å². The van der Waals surface area contributed by atoms with Gasteiger partial charge in [0, 0.05) is 0 Å². The second-order valence-electron chi connectivity index (χ2n) is 4.88. The van der Waals surface area contributed by atoms with Gasteiger partial charge in [0.25, 0.3) is 11.8 Å². The number of hydroxylamine groups is 2. The summed E-state index contributed by atoms with van der Waals surface area (Å²) in [5, 5.41) is -2.07. The minimum absolute atomic E-state index is 0.0166. The van der Waals surface area contributed by atoms with Crippen molar-refractivity contribution in [3.8, 4) is 0 Å². The molecule has 0 aromatic heterocycles. The van der Waals surface area contributed by atoms with Crippen molar-refractivity contribution in [2.24, 2.45) is 0 Å². The fraction of sp³-hybridized carbons (Fsp3) is 0. The number of benzene rings is 2. The maximum Gasteiger partial charge on any atom is 0.321 e. The molecular formula is C14H4Cl5NO5S. The van der Waals surface area contributed by atoms with Gasteiger partial charge in [0.1, 0.15) is 4.90 Å². The Hall–Kier alpha value is -1.06. The largest absolute Gasteiger partial charge is 0.321 e. The van der Waals surface area contributed by atoms with Crippen molar-refractivity contribution >= 4 is 79.9 Å². The van der Waals surface area contributed by atoms with E-state index in [2.05, 4.69) is 4.28 Å². The SMILES string of the molecule is O=C1c2ccccc2C(=O)N1OS(=O)(=O)c1c(Cl)c(Cl)c(Cl)c(Cl)c1Cl. The van der Waals surface area contributed by atoms with Crippen molar-refractivity contribution in [1.29, 1.82) is 0 Å². The molecule has 0 atom stereocenters. The van der Waals surface area contributed by atoms with E-state index in [0.29, 0.717) is 0 Å². The number of amides is 2. The van der Waals surface area contributed by atoms with Gasteiger partial charge in [0.15, 0.2) is 0 Å². The molecule has 0 bridgehead atoms. The molecule has 0 spiro atoms. The van der Waals surface area contributed by atoms with E-state index in [1.807, 2.05) is 0 Å². The topological polar surface area (TPSA) is 80.8 Å². The van der Waals surface area contributed by atoms with Gasteiger partial charge in [0.2, 0.25) is 0 Å². The zero-order chi connectivity index (χ0) is 19.4. The lowest BCUT2D eigenvalue weighted by Gasteiger charge is -2.16. The average Bonchev–Trinajstić information content (AvgIpc) is 2.83. The van der Waals surface area contributed by atoms with Crippen molar-refractivity contribution < 1.29 is 22.3 Å². The molecule has 2 aromatic rings. The van der Waals surface area contributed by atoms with Gasteiger partial charge in [-0.15, -0.1) is 9.35 Å². The molecule has 26 heavy (non-hydrogen) atoms. The van der Waals surface area contributed by atoms with Gasteiger partial charge in [-0.1, -0.05) is 70.1 Å². The summed E-state index contributed by atoms with van der Waals surface area (Å²) in [6, 6.07) is 5.71.